The van der Waals surface area contributed by atoms with Crippen LogP contribution in [0.25, 0.3) is 49.3 Å². The molecule has 28 heavy (non-hydrogen) atoms. The number of benzene rings is 4. The Morgan fingerprint density at radius 2 is 1.18 bits per heavy atom. The molecule has 0 fully saturated rings. The maximum Gasteiger partial charge on any atom is 0.0735 e. The Labute approximate surface area is 181 Å². The van der Waals surface area contributed by atoms with Crippen LogP contribution in [0.2, 0.25) is 0 Å². The van der Waals surface area contributed by atoms with Gasteiger partial charge in [0.15, 0.2) is 0 Å². The highest BCUT2D eigenvalue weighted by Crippen LogP contribution is 2.38. The van der Waals surface area contributed by atoms with E-state index < -0.39 is 90.3 Å². The Morgan fingerprint density at radius 1 is 0.679 bits per heavy atom. The first kappa shape index (κ1) is 7.02. The molecule has 0 bridgehead atoms. The van der Waals surface area contributed by atoms with Crippen LogP contribution in [0.5, 0.6) is 0 Å². The molecule has 3 heteroatoms. The molecule has 2 aromatic heterocycles. The normalized spacial score (nSPS) is 18.9. The van der Waals surface area contributed by atoms with Gasteiger partial charge in [-0.15, -0.1) is 0 Å². The quantitative estimate of drug-likeness (QED) is 0.351. The maximum absolute atomic E-state index is 9.02. The van der Waals surface area contributed by atoms with Crippen LogP contribution in [0.4, 0.5) is 5.69 Å². The van der Waals surface area contributed by atoms with E-state index >= 15 is 0 Å². The molecule has 2 heterocycles. The lowest BCUT2D eigenvalue weighted by Crippen LogP contribution is -2.00. The molecule has 4 aromatic carbocycles. The van der Waals surface area contributed by atoms with Gasteiger partial charge in [-0.25, -0.2) is 0 Å². The molecule has 0 atom stereocenters. The fraction of sp³-hybridized carbons (Fsp3) is 0.0400. The average Bonchev–Trinajstić information content (AvgIpc) is 3.47. The van der Waals surface area contributed by atoms with Crippen molar-refractivity contribution in [2.24, 2.45) is 7.05 Å². The molecule has 0 saturated heterocycles. The average molecular weight is 376 g/mol. The Balaban J connectivity index is 2.07. The first-order valence-corrected chi connectivity index (χ1v) is 8.35. The molecule has 0 radical (unpaired) electrons. The second-order valence-corrected chi connectivity index (χ2v) is 6.30. The van der Waals surface area contributed by atoms with Gasteiger partial charge < -0.3 is 14.9 Å². The zero-order valence-corrected chi connectivity index (χ0v) is 14.5. The van der Waals surface area contributed by atoms with E-state index in [4.69, 9.17) is 24.9 Å². The summed E-state index contributed by atoms with van der Waals surface area (Å²) in [5.74, 6) is 0. The van der Waals surface area contributed by atoms with Crippen molar-refractivity contribution in [1.29, 1.82) is 0 Å². The number of hydrogen-bond donors (Lipinski definition) is 1. The molecule has 0 saturated carbocycles. The van der Waals surface area contributed by atoms with E-state index in [1.165, 1.54) is 11.6 Å². The number of nitrogens with zero attached hydrogens (tertiary/aromatic N) is 2. The number of anilines is 1. The van der Waals surface area contributed by atoms with Gasteiger partial charge in [0.1, 0.15) is 0 Å². The molecule has 0 spiro atoms. The van der Waals surface area contributed by atoms with Gasteiger partial charge in [-0.1, -0.05) is 54.4 Å². The van der Waals surface area contributed by atoms with Crippen molar-refractivity contribution in [2.45, 2.75) is 0 Å². The monoisotopic (exact) mass is 375 g/mol. The lowest BCUT2D eigenvalue weighted by molar-refractivity contribution is 1.00. The van der Waals surface area contributed by atoms with E-state index in [0.717, 1.165) is 4.57 Å². The van der Waals surface area contributed by atoms with Crippen LogP contribution < -0.4 is 5.73 Å². The van der Waals surface area contributed by atoms with E-state index in [-0.39, 0.29) is 49.3 Å². The Morgan fingerprint density at radius 3 is 1.79 bits per heavy atom. The van der Waals surface area contributed by atoms with E-state index in [2.05, 4.69) is 0 Å². The number of para-hydroxylation sites is 3. The Hall–Kier alpha value is -3.72. The third-order valence-corrected chi connectivity index (χ3v) is 4.82. The minimum absolute atomic E-state index is 0.0136. The summed E-state index contributed by atoms with van der Waals surface area (Å²) in [6, 6.07) is -7.79. The molecular weight excluding hydrogens is 342 g/mol. The third-order valence-electron chi connectivity index (χ3n) is 4.82. The van der Waals surface area contributed by atoms with Crippen molar-refractivity contribution in [1.82, 2.24) is 9.13 Å². The topological polar surface area (TPSA) is 35.9 Å². The van der Waals surface area contributed by atoms with Gasteiger partial charge in [0.25, 0.3) is 0 Å². The zero-order chi connectivity index (χ0) is 31.0. The van der Waals surface area contributed by atoms with Crippen LogP contribution in [0.15, 0.2) is 84.6 Å². The van der Waals surface area contributed by atoms with Crippen molar-refractivity contribution in [3.05, 3.63) is 84.6 Å². The summed E-state index contributed by atoms with van der Waals surface area (Å²) in [7, 11) is 1.45. The largest absolute Gasteiger partial charge is 0.399 e. The first-order valence-electron chi connectivity index (χ1n) is 15.4. The second-order valence-electron chi connectivity index (χ2n) is 6.30. The molecule has 0 amide bonds. The lowest BCUT2D eigenvalue weighted by atomic mass is 10.1. The number of nitrogen functional groups attached to an aromatic ring is 1. The van der Waals surface area contributed by atoms with E-state index in [9.17, 15) is 0 Å². The predicted octanol–water partition coefficient (Wildman–Crippen LogP) is 6.01. The van der Waals surface area contributed by atoms with Crippen LogP contribution >= 0.6 is 0 Å². The van der Waals surface area contributed by atoms with E-state index in [1.54, 1.807) is 0 Å². The molecule has 2 N–H and O–H groups in total. The lowest BCUT2D eigenvalue weighted by Gasteiger charge is -2.12. The molecule has 0 aliphatic heterocycles. The number of aryl methyl sites for hydroxylation is 1. The minimum Gasteiger partial charge on any atom is -0.399 e. The highest BCUT2D eigenvalue weighted by molar-refractivity contribution is 6.15. The molecular formula is C25H19N3. The number of hydrogen-bond acceptors (Lipinski definition) is 1. The van der Waals surface area contributed by atoms with Crippen LogP contribution in [0, 0.1) is 0 Å². The predicted molar refractivity (Wildman–Crippen MR) is 119 cm³/mol. The van der Waals surface area contributed by atoms with Crippen molar-refractivity contribution >= 4 is 49.3 Å². The number of fused-ring (bicyclic) bond motifs is 6. The molecule has 6 aromatic rings. The van der Waals surface area contributed by atoms with Crippen LogP contribution in [0.1, 0.15) is 19.2 Å². The fourth-order valence-electron chi connectivity index (χ4n) is 3.69. The number of aromatic nitrogens is 2. The minimum atomic E-state index is -0.656. The summed E-state index contributed by atoms with van der Waals surface area (Å²) in [6.45, 7) is 0. The van der Waals surface area contributed by atoms with E-state index in [1.807, 2.05) is 0 Å². The number of nitrogens with two attached hydrogens (primary N) is 1. The molecule has 6 rings (SSSR count). The fourth-order valence-corrected chi connectivity index (χ4v) is 3.69. The third kappa shape index (κ3) is 1.88. The first-order chi connectivity index (χ1) is 19.6. The van der Waals surface area contributed by atoms with Gasteiger partial charge in [0, 0.05) is 39.8 Å². The zero-order valence-electron chi connectivity index (χ0n) is 28.5. The highest BCUT2D eigenvalue weighted by Gasteiger charge is 2.18. The molecule has 0 unspecified atom stereocenters. The van der Waals surface area contributed by atoms with Crippen LogP contribution in [-0.4, -0.2) is 9.13 Å². The molecule has 3 nitrogen and oxygen atoms in total. The molecule has 134 valence electrons. The van der Waals surface area contributed by atoms with Crippen molar-refractivity contribution < 1.29 is 19.2 Å². The number of rotatable bonds is 1. The SMILES string of the molecule is [2H]c1c([2H])c([2H])c2c(c1[2H])c1c([2H])c(N)c([2H])c(-n3c4c([2H])c([2H])c([2H])c([2H])c4c4c([2H])c([2H])c([2H])c([2H])c43)c1n2C. The van der Waals surface area contributed by atoms with Crippen molar-refractivity contribution in [3.8, 4) is 5.69 Å². The van der Waals surface area contributed by atoms with Crippen molar-refractivity contribution in [2.75, 3.05) is 5.73 Å². The smallest absolute Gasteiger partial charge is 0.0735 e. The standard InChI is InChI=1S/C25H19N3/c1-27-21-11-5-2-10-19(21)20-14-16(26)15-24(25(20)27)28-22-12-6-3-8-17(22)18-9-4-7-13-23(18)28/h2-15H,26H2,1H3/i2D,3D,4D,5D,6D,7D,8D,9D,10D,11D,12D,13D,14D,15D. The van der Waals surface area contributed by atoms with Crippen LogP contribution in [-0.2, 0) is 7.05 Å². The summed E-state index contributed by atoms with van der Waals surface area (Å²) < 4.78 is 122. The molecule has 0 aliphatic carbocycles. The van der Waals surface area contributed by atoms with Gasteiger partial charge in [-0.2, -0.15) is 0 Å². The van der Waals surface area contributed by atoms with Gasteiger partial charge >= 0.3 is 0 Å². The molecule has 0 aliphatic rings. The Bertz CT molecular complexity index is 2190. The summed E-state index contributed by atoms with van der Waals surface area (Å²) in [4.78, 5) is 0. The maximum atomic E-state index is 9.02. The Kier molecular flexibility index (Phi) is 1.35. The summed E-state index contributed by atoms with van der Waals surface area (Å²) in [5.41, 5.74) is 5.07. The summed E-state index contributed by atoms with van der Waals surface area (Å²) >= 11 is 0. The van der Waals surface area contributed by atoms with Gasteiger partial charge in [-0.05, 0) is 30.2 Å². The van der Waals surface area contributed by atoms with Gasteiger partial charge in [-0.3, -0.25) is 0 Å². The van der Waals surface area contributed by atoms with E-state index in [0.29, 0.717) is 0 Å². The second kappa shape index (κ2) is 5.40. The van der Waals surface area contributed by atoms with Gasteiger partial charge in [0.05, 0.1) is 41.4 Å². The van der Waals surface area contributed by atoms with Crippen molar-refractivity contribution in [3.63, 3.8) is 0 Å². The van der Waals surface area contributed by atoms with Gasteiger partial charge in [0.2, 0.25) is 0 Å². The van der Waals surface area contributed by atoms with Crippen LogP contribution in [0.3, 0.4) is 0 Å². The summed E-state index contributed by atoms with van der Waals surface area (Å²) in [6.07, 6.45) is 0. The highest BCUT2D eigenvalue weighted by atomic mass is 15.0. The summed E-state index contributed by atoms with van der Waals surface area (Å²) in [5, 5.41) is -0.542.